The van der Waals surface area contributed by atoms with Crippen molar-refractivity contribution >= 4 is 27.3 Å². The van der Waals surface area contributed by atoms with Crippen LogP contribution in [0.2, 0.25) is 0 Å². The molecule has 1 aliphatic heterocycles. The van der Waals surface area contributed by atoms with Crippen molar-refractivity contribution in [2.45, 2.75) is 24.8 Å². The molecule has 0 saturated carbocycles. The first-order chi connectivity index (χ1) is 13.3. The van der Waals surface area contributed by atoms with Gasteiger partial charge in [-0.15, -0.1) is 0 Å². The van der Waals surface area contributed by atoms with E-state index < -0.39 is 10.0 Å². The van der Waals surface area contributed by atoms with Gasteiger partial charge in [-0.3, -0.25) is 4.79 Å². The van der Waals surface area contributed by atoms with Gasteiger partial charge >= 0.3 is 0 Å². The van der Waals surface area contributed by atoms with Crippen LogP contribution in [0.3, 0.4) is 0 Å². The highest BCUT2D eigenvalue weighted by atomic mass is 32.2. The fourth-order valence-corrected chi connectivity index (χ4v) is 4.20. The van der Waals surface area contributed by atoms with Crippen molar-refractivity contribution in [3.8, 4) is 0 Å². The summed E-state index contributed by atoms with van der Waals surface area (Å²) in [6, 6.07) is 13.3. The Kier molecular flexibility index (Phi) is 6.33. The van der Waals surface area contributed by atoms with Crippen molar-refractivity contribution in [2.75, 3.05) is 36.5 Å². The molecule has 2 N–H and O–H groups in total. The Morgan fingerprint density at radius 3 is 2.18 bits per heavy atom. The molecule has 0 atom stereocenters. The number of carbonyl (C=O) groups excluding carboxylic acids is 1. The second kappa shape index (κ2) is 8.72. The summed E-state index contributed by atoms with van der Waals surface area (Å²) >= 11 is 0. The molecule has 0 aromatic heterocycles. The highest BCUT2D eigenvalue weighted by Gasteiger charge is 2.16. The van der Waals surface area contributed by atoms with Gasteiger partial charge in [-0.1, -0.05) is 0 Å². The lowest BCUT2D eigenvalue weighted by atomic mass is 10.1. The molecule has 7 nitrogen and oxygen atoms in total. The lowest BCUT2D eigenvalue weighted by molar-refractivity contribution is 0.102. The molecule has 0 bridgehead atoms. The number of benzene rings is 2. The van der Waals surface area contributed by atoms with Crippen LogP contribution < -0.4 is 14.9 Å². The van der Waals surface area contributed by atoms with Gasteiger partial charge in [0, 0.05) is 36.1 Å². The third-order valence-corrected chi connectivity index (χ3v) is 5.99. The number of nitrogens with one attached hydrogen (secondary N) is 2. The first kappa shape index (κ1) is 20.3. The zero-order valence-corrected chi connectivity index (χ0v) is 16.8. The number of ether oxygens (including phenoxy) is 1. The van der Waals surface area contributed by atoms with Crippen LogP contribution in [-0.4, -0.2) is 46.7 Å². The van der Waals surface area contributed by atoms with Gasteiger partial charge in [0.2, 0.25) is 10.0 Å². The normalized spacial score (nSPS) is 14.9. The van der Waals surface area contributed by atoms with Crippen molar-refractivity contribution in [3.63, 3.8) is 0 Å². The predicted molar refractivity (Wildman–Crippen MR) is 109 cm³/mol. The average molecular weight is 404 g/mol. The van der Waals surface area contributed by atoms with Crippen LogP contribution in [0.1, 0.15) is 24.2 Å². The highest BCUT2D eigenvalue weighted by Crippen LogP contribution is 2.19. The van der Waals surface area contributed by atoms with Gasteiger partial charge in [0.25, 0.3) is 5.91 Å². The third kappa shape index (κ3) is 5.09. The summed E-state index contributed by atoms with van der Waals surface area (Å²) in [5.74, 6) is -0.246. The van der Waals surface area contributed by atoms with Crippen molar-refractivity contribution in [1.29, 1.82) is 0 Å². The van der Waals surface area contributed by atoms with E-state index in [1.807, 2.05) is 12.1 Å². The smallest absolute Gasteiger partial charge is 0.255 e. The SMILES string of the molecule is CC(C)NS(=O)(=O)c1ccc(NC(=O)c2ccc(N3CCOCC3)cc2)cc1. The van der Waals surface area contributed by atoms with Crippen LogP contribution in [0, 0.1) is 0 Å². The second-order valence-electron chi connectivity index (χ2n) is 6.90. The number of carbonyl (C=O) groups is 1. The predicted octanol–water partition coefficient (Wildman–Crippen LogP) is 2.46. The van der Waals surface area contributed by atoms with Crippen LogP contribution >= 0.6 is 0 Å². The quantitative estimate of drug-likeness (QED) is 0.774. The lowest BCUT2D eigenvalue weighted by Crippen LogP contribution is -2.36. The third-order valence-electron chi connectivity index (χ3n) is 4.32. The molecule has 8 heteroatoms. The number of amides is 1. The number of rotatable bonds is 6. The fraction of sp³-hybridized carbons (Fsp3) is 0.350. The molecule has 28 heavy (non-hydrogen) atoms. The first-order valence-electron chi connectivity index (χ1n) is 9.22. The number of morpholine rings is 1. The molecule has 0 radical (unpaired) electrons. The van der Waals surface area contributed by atoms with Gasteiger partial charge in [-0.05, 0) is 62.4 Å². The molecule has 150 valence electrons. The van der Waals surface area contributed by atoms with Gasteiger partial charge in [0.1, 0.15) is 0 Å². The molecular weight excluding hydrogens is 378 g/mol. The molecule has 3 rings (SSSR count). The second-order valence-corrected chi connectivity index (χ2v) is 8.61. The molecular formula is C20H25N3O4S. The highest BCUT2D eigenvalue weighted by molar-refractivity contribution is 7.89. The Balaban J connectivity index is 1.64. The largest absolute Gasteiger partial charge is 0.378 e. The molecule has 2 aromatic carbocycles. The maximum absolute atomic E-state index is 12.5. The Morgan fingerprint density at radius 2 is 1.61 bits per heavy atom. The summed E-state index contributed by atoms with van der Waals surface area (Å²) in [4.78, 5) is 14.8. The van der Waals surface area contributed by atoms with E-state index in [-0.39, 0.29) is 16.8 Å². The molecule has 1 aliphatic rings. The van der Waals surface area contributed by atoms with Crippen molar-refractivity contribution in [3.05, 3.63) is 54.1 Å². The molecule has 2 aromatic rings. The molecule has 1 heterocycles. The van der Waals surface area contributed by atoms with Crippen molar-refractivity contribution < 1.29 is 17.9 Å². The van der Waals surface area contributed by atoms with Crippen LogP contribution in [0.4, 0.5) is 11.4 Å². The number of hydrogen-bond acceptors (Lipinski definition) is 5. The van der Waals surface area contributed by atoms with Crippen molar-refractivity contribution in [1.82, 2.24) is 4.72 Å². The Labute approximate surface area is 165 Å². The summed E-state index contributed by atoms with van der Waals surface area (Å²) in [6.45, 7) is 6.62. The topological polar surface area (TPSA) is 87.7 Å². The molecule has 0 spiro atoms. The number of anilines is 2. The summed E-state index contributed by atoms with van der Waals surface area (Å²) in [7, 11) is -3.55. The minimum Gasteiger partial charge on any atom is -0.378 e. The first-order valence-corrected chi connectivity index (χ1v) is 10.7. The van der Waals surface area contributed by atoms with E-state index in [0.717, 1.165) is 18.8 Å². The van der Waals surface area contributed by atoms with E-state index >= 15 is 0 Å². The Bertz CT molecular complexity index is 903. The van der Waals surface area contributed by atoms with Gasteiger partial charge in [0.15, 0.2) is 0 Å². The van der Waals surface area contributed by atoms with Gasteiger partial charge in [-0.25, -0.2) is 13.1 Å². The Hall–Kier alpha value is -2.42. The minimum atomic E-state index is -3.55. The number of sulfonamides is 1. The van der Waals surface area contributed by atoms with E-state index in [9.17, 15) is 13.2 Å². The molecule has 0 unspecified atom stereocenters. The summed E-state index contributed by atoms with van der Waals surface area (Å²) in [5, 5.41) is 2.79. The van der Waals surface area contributed by atoms with Gasteiger partial charge < -0.3 is 15.0 Å². The van der Waals surface area contributed by atoms with E-state index in [4.69, 9.17) is 4.74 Å². The average Bonchev–Trinajstić information content (AvgIpc) is 2.68. The van der Waals surface area contributed by atoms with E-state index in [1.165, 1.54) is 12.1 Å². The summed E-state index contributed by atoms with van der Waals surface area (Å²) in [6.07, 6.45) is 0. The lowest BCUT2D eigenvalue weighted by Gasteiger charge is -2.28. The van der Waals surface area contributed by atoms with Crippen LogP contribution in [0.5, 0.6) is 0 Å². The Morgan fingerprint density at radius 1 is 1.00 bits per heavy atom. The summed E-state index contributed by atoms with van der Waals surface area (Å²) in [5.41, 5.74) is 2.13. The molecule has 0 aliphatic carbocycles. The maximum atomic E-state index is 12.5. The zero-order chi connectivity index (χ0) is 20.1. The van der Waals surface area contributed by atoms with Gasteiger partial charge in [-0.2, -0.15) is 0 Å². The summed E-state index contributed by atoms with van der Waals surface area (Å²) < 4.78 is 32.2. The maximum Gasteiger partial charge on any atom is 0.255 e. The number of hydrogen-bond donors (Lipinski definition) is 2. The molecule has 1 amide bonds. The van der Waals surface area contributed by atoms with Crippen LogP contribution in [0.25, 0.3) is 0 Å². The van der Waals surface area contributed by atoms with Crippen molar-refractivity contribution in [2.24, 2.45) is 0 Å². The minimum absolute atomic E-state index is 0.161. The van der Waals surface area contributed by atoms with E-state index in [2.05, 4.69) is 14.9 Å². The monoisotopic (exact) mass is 403 g/mol. The standard InChI is InChI=1S/C20H25N3O4S/c1-15(2)22-28(25,26)19-9-5-17(6-10-19)21-20(24)16-3-7-18(8-4-16)23-11-13-27-14-12-23/h3-10,15,22H,11-14H2,1-2H3,(H,21,24). The van der Waals surface area contributed by atoms with E-state index in [0.29, 0.717) is 24.5 Å². The molecule has 1 fully saturated rings. The fourth-order valence-electron chi connectivity index (χ4n) is 2.94. The number of nitrogens with zero attached hydrogens (tertiary/aromatic N) is 1. The molecule has 1 saturated heterocycles. The van der Waals surface area contributed by atoms with Gasteiger partial charge in [0.05, 0.1) is 18.1 Å². The van der Waals surface area contributed by atoms with Crippen LogP contribution in [0.15, 0.2) is 53.4 Å². The zero-order valence-electron chi connectivity index (χ0n) is 16.0. The van der Waals surface area contributed by atoms with Crippen LogP contribution in [-0.2, 0) is 14.8 Å². The van der Waals surface area contributed by atoms with E-state index in [1.54, 1.807) is 38.1 Å².